The molecule has 0 atom stereocenters. The van der Waals surface area contributed by atoms with Gasteiger partial charge in [-0.05, 0) is 47.7 Å². The predicted octanol–water partition coefficient (Wildman–Crippen LogP) is 3.93. The number of thioether (sulfide) groups is 1. The molecule has 0 spiro atoms. The second kappa shape index (κ2) is 6.90. The van der Waals surface area contributed by atoms with E-state index in [4.69, 9.17) is 16.7 Å². The van der Waals surface area contributed by atoms with Gasteiger partial charge >= 0.3 is 5.97 Å². The minimum atomic E-state index is -0.989. The summed E-state index contributed by atoms with van der Waals surface area (Å²) in [6, 6.07) is 13.4. The summed E-state index contributed by atoms with van der Waals surface area (Å²) in [5.74, 6) is -1.25. The second-order valence-corrected chi connectivity index (χ2v) is 6.30. The smallest absolute Gasteiger partial charge is 0.335 e. The molecule has 0 aliphatic carbocycles. The van der Waals surface area contributed by atoms with E-state index in [0.717, 1.165) is 5.56 Å². The number of benzene rings is 2. The predicted molar refractivity (Wildman–Crippen MR) is 95.7 cm³/mol. The third-order valence-electron chi connectivity index (χ3n) is 3.18. The molecule has 120 valence electrons. The van der Waals surface area contributed by atoms with Crippen molar-refractivity contribution in [1.29, 1.82) is 0 Å². The standard InChI is InChI=1S/C17H11ClN2O3S/c18-12-3-1-2-4-13(12)19-17-20-15(21)14(24-17)9-10-5-7-11(8-6-10)16(22)23/h1-9H,(H,22,23)(H,19,20,21)/b14-9+. The van der Waals surface area contributed by atoms with Crippen LogP contribution in [0.2, 0.25) is 5.02 Å². The molecule has 2 aromatic carbocycles. The highest BCUT2D eigenvalue weighted by molar-refractivity contribution is 8.18. The van der Waals surface area contributed by atoms with E-state index in [1.54, 1.807) is 36.4 Å². The van der Waals surface area contributed by atoms with Crippen LogP contribution in [0.15, 0.2) is 58.4 Å². The number of nitrogens with one attached hydrogen (secondary N) is 1. The first-order chi connectivity index (χ1) is 11.5. The van der Waals surface area contributed by atoms with Crippen molar-refractivity contribution < 1.29 is 14.7 Å². The van der Waals surface area contributed by atoms with Crippen molar-refractivity contribution >= 4 is 52.2 Å². The van der Waals surface area contributed by atoms with E-state index >= 15 is 0 Å². The van der Waals surface area contributed by atoms with E-state index in [1.165, 1.54) is 23.9 Å². The number of carbonyl (C=O) groups is 2. The van der Waals surface area contributed by atoms with Crippen LogP contribution < -0.4 is 5.32 Å². The Morgan fingerprint density at radius 2 is 1.88 bits per heavy atom. The van der Waals surface area contributed by atoms with Crippen molar-refractivity contribution in [2.45, 2.75) is 0 Å². The van der Waals surface area contributed by atoms with Gasteiger partial charge in [0.05, 0.1) is 21.2 Å². The average molecular weight is 359 g/mol. The summed E-state index contributed by atoms with van der Waals surface area (Å²) in [7, 11) is 0. The maximum absolute atomic E-state index is 12.0. The van der Waals surface area contributed by atoms with Gasteiger partial charge in [0.2, 0.25) is 0 Å². The molecule has 2 aromatic rings. The molecule has 0 bridgehead atoms. The van der Waals surface area contributed by atoms with Crippen molar-refractivity contribution in [2.24, 2.45) is 4.99 Å². The van der Waals surface area contributed by atoms with Gasteiger partial charge in [-0.15, -0.1) is 0 Å². The van der Waals surface area contributed by atoms with Crippen molar-refractivity contribution in [2.75, 3.05) is 0 Å². The Kier molecular flexibility index (Phi) is 4.69. The lowest BCUT2D eigenvalue weighted by Gasteiger charge is -1.98. The van der Waals surface area contributed by atoms with Gasteiger partial charge in [-0.2, -0.15) is 0 Å². The number of carboxylic acids is 1. The number of aromatic carboxylic acids is 1. The summed E-state index contributed by atoms with van der Waals surface area (Å²) in [5, 5.41) is 12.5. The Bertz CT molecular complexity index is 876. The second-order valence-electron chi connectivity index (χ2n) is 4.86. The number of halogens is 1. The molecule has 1 aliphatic heterocycles. The topological polar surface area (TPSA) is 78.8 Å². The Labute approximate surface area is 147 Å². The Morgan fingerprint density at radius 1 is 1.17 bits per heavy atom. The number of hydrogen-bond acceptors (Lipinski definition) is 4. The van der Waals surface area contributed by atoms with E-state index in [0.29, 0.717) is 20.8 Å². The van der Waals surface area contributed by atoms with Gasteiger partial charge in [-0.3, -0.25) is 4.79 Å². The largest absolute Gasteiger partial charge is 0.478 e. The van der Waals surface area contributed by atoms with Gasteiger partial charge < -0.3 is 10.4 Å². The molecule has 5 nitrogen and oxygen atoms in total. The van der Waals surface area contributed by atoms with Gasteiger partial charge in [0.15, 0.2) is 5.17 Å². The van der Waals surface area contributed by atoms with Crippen LogP contribution in [-0.2, 0) is 4.79 Å². The van der Waals surface area contributed by atoms with Gasteiger partial charge in [-0.25, -0.2) is 9.79 Å². The zero-order valence-corrected chi connectivity index (χ0v) is 13.8. The molecule has 7 heteroatoms. The summed E-state index contributed by atoms with van der Waals surface area (Å²) < 4.78 is 0. The molecule has 0 unspecified atom stereocenters. The van der Waals surface area contributed by atoms with Crippen molar-refractivity contribution in [1.82, 2.24) is 5.32 Å². The summed E-state index contributed by atoms with van der Waals surface area (Å²) in [6.45, 7) is 0. The van der Waals surface area contributed by atoms with Crippen LogP contribution in [0.3, 0.4) is 0 Å². The van der Waals surface area contributed by atoms with E-state index in [9.17, 15) is 9.59 Å². The van der Waals surface area contributed by atoms with Crippen LogP contribution in [0.5, 0.6) is 0 Å². The Morgan fingerprint density at radius 3 is 2.54 bits per heavy atom. The van der Waals surface area contributed by atoms with Crippen LogP contribution >= 0.6 is 23.4 Å². The maximum Gasteiger partial charge on any atom is 0.335 e. The molecular formula is C17H11ClN2O3S. The van der Waals surface area contributed by atoms with E-state index < -0.39 is 5.97 Å². The number of para-hydroxylation sites is 1. The van der Waals surface area contributed by atoms with Crippen LogP contribution in [0.4, 0.5) is 5.69 Å². The highest BCUT2D eigenvalue weighted by Gasteiger charge is 2.24. The van der Waals surface area contributed by atoms with Gasteiger partial charge in [-0.1, -0.05) is 35.9 Å². The minimum absolute atomic E-state index is 0.196. The SMILES string of the molecule is O=C1NC(=Nc2ccccc2Cl)S/C1=C/c1ccc(C(=O)O)cc1. The molecule has 1 heterocycles. The van der Waals surface area contributed by atoms with Gasteiger partial charge in [0.25, 0.3) is 5.91 Å². The molecule has 1 amide bonds. The number of aliphatic imine (C=N–C) groups is 1. The first kappa shape index (κ1) is 16.3. The number of nitrogens with zero attached hydrogens (tertiary/aromatic N) is 1. The van der Waals surface area contributed by atoms with E-state index in [1.807, 2.05) is 6.07 Å². The quantitative estimate of drug-likeness (QED) is 0.815. The molecule has 1 saturated heterocycles. The van der Waals surface area contributed by atoms with Gasteiger partial charge in [0.1, 0.15) is 0 Å². The summed E-state index contributed by atoms with van der Waals surface area (Å²) >= 11 is 7.26. The minimum Gasteiger partial charge on any atom is -0.478 e. The Balaban J connectivity index is 1.82. The number of amidine groups is 1. The fourth-order valence-electron chi connectivity index (χ4n) is 2.01. The van der Waals surface area contributed by atoms with Crippen LogP contribution in [0, 0.1) is 0 Å². The normalized spacial score (nSPS) is 17.3. The number of hydrogen-bond donors (Lipinski definition) is 2. The lowest BCUT2D eigenvalue weighted by atomic mass is 10.1. The third kappa shape index (κ3) is 3.67. The average Bonchev–Trinajstić information content (AvgIpc) is 2.90. The highest BCUT2D eigenvalue weighted by Crippen LogP contribution is 2.30. The number of carboxylic acid groups (broad SMARTS) is 1. The molecule has 2 N–H and O–H groups in total. The zero-order valence-electron chi connectivity index (χ0n) is 12.2. The fraction of sp³-hybridized carbons (Fsp3) is 0. The number of amides is 1. The molecule has 3 rings (SSSR count). The van der Waals surface area contributed by atoms with Crippen molar-refractivity contribution in [3.63, 3.8) is 0 Å². The summed E-state index contributed by atoms with van der Waals surface area (Å²) in [4.78, 5) is 27.7. The molecule has 1 fully saturated rings. The number of rotatable bonds is 3. The van der Waals surface area contributed by atoms with Crippen molar-refractivity contribution in [3.05, 3.63) is 69.6 Å². The van der Waals surface area contributed by atoms with Crippen LogP contribution in [0.25, 0.3) is 6.08 Å². The zero-order chi connectivity index (χ0) is 17.1. The third-order valence-corrected chi connectivity index (χ3v) is 4.41. The van der Waals surface area contributed by atoms with Crippen LogP contribution in [0.1, 0.15) is 15.9 Å². The maximum atomic E-state index is 12.0. The molecule has 0 saturated carbocycles. The summed E-state index contributed by atoms with van der Waals surface area (Å²) in [6.07, 6.45) is 1.68. The molecule has 24 heavy (non-hydrogen) atoms. The van der Waals surface area contributed by atoms with Gasteiger partial charge in [0, 0.05) is 0 Å². The summed E-state index contributed by atoms with van der Waals surface area (Å²) in [5.41, 5.74) is 1.51. The lowest BCUT2D eigenvalue weighted by molar-refractivity contribution is -0.115. The van der Waals surface area contributed by atoms with E-state index in [2.05, 4.69) is 10.3 Å². The molecule has 0 radical (unpaired) electrons. The monoisotopic (exact) mass is 358 g/mol. The fourth-order valence-corrected chi connectivity index (χ4v) is 3.02. The van der Waals surface area contributed by atoms with E-state index in [-0.39, 0.29) is 11.5 Å². The first-order valence-corrected chi connectivity index (χ1v) is 8.10. The lowest BCUT2D eigenvalue weighted by Crippen LogP contribution is -2.19. The molecule has 0 aromatic heterocycles. The highest BCUT2D eigenvalue weighted by atomic mass is 35.5. The molecular weight excluding hydrogens is 348 g/mol. The first-order valence-electron chi connectivity index (χ1n) is 6.90. The Hall–Kier alpha value is -2.57. The number of carbonyl (C=O) groups excluding carboxylic acids is 1. The van der Waals surface area contributed by atoms with Crippen molar-refractivity contribution in [3.8, 4) is 0 Å². The molecule has 1 aliphatic rings. The van der Waals surface area contributed by atoms with Crippen LogP contribution in [-0.4, -0.2) is 22.2 Å².